The van der Waals surface area contributed by atoms with Gasteiger partial charge in [0.15, 0.2) is 0 Å². The Labute approximate surface area is 125 Å². The van der Waals surface area contributed by atoms with Crippen molar-refractivity contribution in [3.8, 4) is 5.75 Å². The number of methoxy groups -OCH3 is 1. The molecule has 1 N–H and O–H groups in total. The minimum Gasteiger partial charge on any atom is -0.496 e. The standard InChI is InChI=1S/C18H20N2O/c1-14-5-3-6-15(13-14)19-10-12-20-11-9-16-17(20)7-4-8-18(16)21-2/h3-9,11,13,19H,10,12H2,1-2H3. The van der Waals surface area contributed by atoms with Crippen molar-refractivity contribution in [2.45, 2.75) is 13.5 Å². The highest BCUT2D eigenvalue weighted by atomic mass is 16.5. The summed E-state index contributed by atoms with van der Waals surface area (Å²) in [6.45, 7) is 3.92. The van der Waals surface area contributed by atoms with E-state index in [0.717, 1.165) is 24.2 Å². The summed E-state index contributed by atoms with van der Waals surface area (Å²) in [6.07, 6.45) is 2.12. The van der Waals surface area contributed by atoms with Crippen LogP contribution in [0.25, 0.3) is 10.9 Å². The first-order valence-corrected chi connectivity index (χ1v) is 7.20. The molecule has 0 unspecified atom stereocenters. The Morgan fingerprint density at radius 1 is 1.10 bits per heavy atom. The summed E-state index contributed by atoms with van der Waals surface area (Å²) in [7, 11) is 1.71. The minimum atomic E-state index is 0.893. The summed E-state index contributed by atoms with van der Waals surface area (Å²) in [6, 6.07) is 16.7. The smallest absolute Gasteiger partial charge is 0.128 e. The molecule has 0 saturated heterocycles. The molecule has 1 aromatic heterocycles. The van der Waals surface area contributed by atoms with E-state index in [1.165, 1.54) is 16.8 Å². The van der Waals surface area contributed by atoms with E-state index in [9.17, 15) is 0 Å². The summed E-state index contributed by atoms with van der Waals surface area (Å²) in [4.78, 5) is 0. The first-order valence-electron chi connectivity index (χ1n) is 7.20. The quantitative estimate of drug-likeness (QED) is 0.762. The molecule has 0 spiro atoms. The second kappa shape index (κ2) is 5.92. The third-order valence-electron chi connectivity index (χ3n) is 3.69. The average molecular weight is 280 g/mol. The van der Waals surface area contributed by atoms with Crippen LogP contribution in [0.2, 0.25) is 0 Å². The normalized spacial score (nSPS) is 10.8. The van der Waals surface area contributed by atoms with Gasteiger partial charge >= 0.3 is 0 Å². The van der Waals surface area contributed by atoms with Crippen molar-refractivity contribution in [1.29, 1.82) is 0 Å². The summed E-state index contributed by atoms with van der Waals surface area (Å²) < 4.78 is 7.65. The molecule has 1 heterocycles. The van der Waals surface area contributed by atoms with E-state index in [4.69, 9.17) is 4.74 Å². The predicted octanol–water partition coefficient (Wildman–Crippen LogP) is 4.07. The van der Waals surface area contributed by atoms with Gasteiger partial charge in [-0.05, 0) is 42.8 Å². The van der Waals surface area contributed by atoms with E-state index in [-0.39, 0.29) is 0 Å². The zero-order chi connectivity index (χ0) is 14.7. The molecule has 0 atom stereocenters. The number of aromatic nitrogens is 1. The van der Waals surface area contributed by atoms with Crippen molar-refractivity contribution in [2.75, 3.05) is 19.0 Å². The summed E-state index contributed by atoms with van der Waals surface area (Å²) >= 11 is 0. The fraction of sp³-hybridized carbons (Fsp3) is 0.222. The Kier molecular flexibility index (Phi) is 3.82. The second-order valence-electron chi connectivity index (χ2n) is 5.20. The van der Waals surface area contributed by atoms with Crippen LogP contribution in [0.1, 0.15) is 5.56 Å². The van der Waals surface area contributed by atoms with Gasteiger partial charge in [-0.3, -0.25) is 0 Å². The third-order valence-corrected chi connectivity index (χ3v) is 3.69. The minimum absolute atomic E-state index is 0.893. The molecular weight excluding hydrogens is 260 g/mol. The van der Waals surface area contributed by atoms with E-state index >= 15 is 0 Å². The van der Waals surface area contributed by atoms with Crippen LogP contribution in [0.15, 0.2) is 54.7 Å². The largest absolute Gasteiger partial charge is 0.496 e. The Hall–Kier alpha value is -2.42. The summed E-state index contributed by atoms with van der Waals surface area (Å²) in [5.74, 6) is 0.929. The van der Waals surface area contributed by atoms with Gasteiger partial charge in [0.2, 0.25) is 0 Å². The summed E-state index contributed by atoms with van der Waals surface area (Å²) in [5.41, 5.74) is 3.65. The molecule has 0 aliphatic heterocycles. The van der Waals surface area contributed by atoms with Crippen molar-refractivity contribution < 1.29 is 4.74 Å². The molecule has 0 amide bonds. The number of benzene rings is 2. The van der Waals surface area contributed by atoms with Crippen LogP contribution >= 0.6 is 0 Å². The lowest BCUT2D eigenvalue weighted by Gasteiger charge is -2.09. The first-order chi connectivity index (χ1) is 10.3. The van der Waals surface area contributed by atoms with Crippen LogP contribution in [-0.4, -0.2) is 18.2 Å². The Morgan fingerprint density at radius 3 is 2.76 bits per heavy atom. The van der Waals surface area contributed by atoms with Crippen molar-refractivity contribution >= 4 is 16.6 Å². The number of fused-ring (bicyclic) bond motifs is 1. The molecule has 3 rings (SSSR count). The Bertz CT molecular complexity index is 746. The number of hydrogen-bond donors (Lipinski definition) is 1. The summed E-state index contributed by atoms with van der Waals surface area (Å²) in [5, 5.41) is 4.63. The zero-order valence-electron chi connectivity index (χ0n) is 12.5. The lowest BCUT2D eigenvalue weighted by atomic mass is 10.2. The number of aryl methyl sites for hydroxylation is 1. The van der Waals surface area contributed by atoms with Crippen molar-refractivity contribution in [2.24, 2.45) is 0 Å². The van der Waals surface area contributed by atoms with Crippen LogP contribution in [-0.2, 0) is 6.54 Å². The number of nitrogens with zero attached hydrogens (tertiary/aromatic N) is 1. The van der Waals surface area contributed by atoms with Crippen LogP contribution < -0.4 is 10.1 Å². The monoisotopic (exact) mass is 280 g/mol. The van der Waals surface area contributed by atoms with Crippen LogP contribution in [0.4, 0.5) is 5.69 Å². The van der Waals surface area contributed by atoms with Gasteiger partial charge in [0.05, 0.1) is 12.6 Å². The first kappa shape index (κ1) is 13.6. The molecule has 2 aromatic carbocycles. The molecule has 0 aliphatic carbocycles. The molecule has 3 heteroatoms. The molecule has 21 heavy (non-hydrogen) atoms. The highest BCUT2D eigenvalue weighted by Gasteiger charge is 2.05. The van der Waals surface area contributed by atoms with E-state index in [0.29, 0.717) is 0 Å². The lowest BCUT2D eigenvalue weighted by Crippen LogP contribution is -2.09. The second-order valence-corrected chi connectivity index (χ2v) is 5.20. The molecule has 0 aliphatic rings. The van der Waals surface area contributed by atoms with Gasteiger partial charge in [-0.25, -0.2) is 0 Å². The number of rotatable bonds is 5. The van der Waals surface area contributed by atoms with Gasteiger partial charge in [-0.1, -0.05) is 18.2 Å². The van der Waals surface area contributed by atoms with Crippen molar-refractivity contribution in [1.82, 2.24) is 4.57 Å². The zero-order valence-corrected chi connectivity index (χ0v) is 12.5. The molecule has 3 nitrogen and oxygen atoms in total. The molecule has 0 bridgehead atoms. The highest BCUT2D eigenvalue weighted by Crippen LogP contribution is 2.26. The van der Waals surface area contributed by atoms with E-state index < -0.39 is 0 Å². The number of nitrogens with one attached hydrogen (secondary N) is 1. The number of ether oxygens (including phenoxy) is 1. The number of hydrogen-bond acceptors (Lipinski definition) is 2. The predicted molar refractivity (Wildman–Crippen MR) is 88.2 cm³/mol. The van der Waals surface area contributed by atoms with Gasteiger partial charge in [-0.15, -0.1) is 0 Å². The van der Waals surface area contributed by atoms with Gasteiger partial charge in [0, 0.05) is 30.4 Å². The molecule has 0 saturated carbocycles. The van der Waals surface area contributed by atoms with Gasteiger partial charge in [0.25, 0.3) is 0 Å². The van der Waals surface area contributed by atoms with E-state index in [1.54, 1.807) is 7.11 Å². The van der Waals surface area contributed by atoms with Crippen LogP contribution in [0, 0.1) is 6.92 Å². The highest BCUT2D eigenvalue weighted by molar-refractivity contribution is 5.86. The van der Waals surface area contributed by atoms with Crippen LogP contribution in [0.5, 0.6) is 5.75 Å². The average Bonchev–Trinajstić information content (AvgIpc) is 2.91. The maximum absolute atomic E-state index is 5.40. The Balaban J connectivity index is 1.71. The van der Waals surface area contributed by atoms with Crippen molar-refractivity contribution in [3.05, 3.63) is 60.3 Å². The van der Waals surface area contributed by atoms with Gasteiger partial charge in [0.1, 0.15) is 5.75 Å². The maximum atomic E-state index is 5.40. The maximum Gasteiger partial charge on any atom is 0.128 e. The van der Waals surface area contributed by atoms with E-state index in [2.05, 4.69) is 59.4 Å². The van der Waals surface area contributed by atoms with Crippen LogP contribution in [0.3, 0.4) is 0 Å². The van der Waals surface area contributed by atoms with E-state index in [1.807, 2.05) is 12.1 Å². The van der Waals surface area contributed by atoms with Gasteiger partial charge < -0.3 is 14.6 Å². The molecule has 0 fully saturated rings. The van der Waals surface area contributed by atoms with Gasteiger partial charge in [-0.2, -0.15) is 0 Å². The molecular formula is C18H20N2O. The fourth-order valence-corrected chi connectivity index (χ4v) is 2.64. The fourth-order valence-electron chi connectivity index (χ4n) is 2.64. The Morgan fingerprint density at radius 2 is 1.95 bits per heavy atom. The van der Waals surface area contributed by atoms with Crippen molar-refractivity contribution in [3.63, 3.8) is 0 Å². The third kappa shape index (κ3) is 2.87. The molecule has 3 aromatic rings. The molecule has 108 valence electrons. The topological polar surface area (TPSA) is 26.2 Å². The SMILES string of the molecule is COc1cccc2c1ccn2CCNc1cccc(C)c1. The number of anilines is 1. The lowest BCUT2D eigenvalue weighted by molar-refractivity contribution is 0.420. The molecule has 0 radical (unpaired) electrons.